The molecule has 0 radical (unpaired) electrons. The van der Waals surface area contributed by atoms with Crippen molar-refractivity contribution in [2.45, 2.75) is 103 Å². The molecule has 1 aliphatic heterocycles. The van der Waals surface area contributed by atoms with Crippen LogP contribution in [0.4, 0.5) is 4.79 Å². The summed E-state index contributed by atoms with van der Waals surface area (Å²) in [4.78, 5) is 39.0. The van der Waals surface area contributed by atoms with Crippen molar-refractivity contribution in [1.82, 2.24) is 5.32 Å². The first-order chi connectivity index (χ1) is 16.8. The third-order valence-corrected chi connectivity index (χ3v) is 7.74. The molecule has 1 aromatic carbocycles. The molecular formula is C27H41ClN3O5+. The van der Waals surface area contributed by atoms with E-state index in [2.05, 4.69) is 5.32 Å². The molecule has 200 valence electrons. The molecule has 2 aliphatic rings. The second kappa shape index (κ2) is 11.5. The zero-order valence-electron chi connectivity index (χ0n) is 21.9. The average Bonchev–Trinajstić information content (AvgIpc) is 3.22. The SMILES string of the molecule is CC(NC(=O)OC(C)(C)C)c1ccc(Cl)cc1C[N+]1(C(=O)[C@H](O)C2CCCCC2)CCC[C@H]1C(N)=O. The van der Waals surface area contributed by atoms with Crippen LogP contribution in [0.2, 0.25) is 5.02 Å². The number of rotatable bonds is 7. The van der Waals surface area contributed by atoms with Crippen molar-refractivity contribution in [2.24, 2.45) is 11.7 Å². The lowest BCUT2D eigenvalue weighted by atomic mass is 9.84. The standard InChI is InChI=1S/C27H40ClN3O5/c1-17(30-26(35)36-27(2,3)4)21-13-12-20(28)15-19(21)16-31(14-8-11-22(31)24(29)33)25(34)23(32)18-9-6-5-7-10-18/h12-13,15,17-18,22-23,32H,5-11,14,16H2,1-4H3,(H2-,29,30,33,35)/p+1/t17?,22-,23+,31?/m0/s1. The van der Waals surface area contributed by atoms with E-state index in [4.69, 9.17) is 22.1 Å². The highest BCUT2D eigenvalue weighted by Gasteiger charge is 2.54. The minimum Gasteiger partial charge on any atom is -0.444 e. The number of ether oxygens (including phenoxy) is 1. The number of aliphatic hydroxyl groups is 1. The number of alkyl carbamates (subject to hydrolysis) is 1. The van der Waals surface area contributed by atoms with Crippen molar-refractivity contribution in [3.8, 4) is 0 Å². The minimum atomic E-state index is -1.15. The number of likely N-dealkylation sites (tertiary alicyclic amines) is 1. The number of hydrogen-bond acceptors (Lipinski definition) is 5. The topological polar surface area (TPSA) is 119 Å². The van der Waals surface area contributed by atoms with Crippen LogP contribution in [0.1, 0.15) is 89.8 Å². The van der Waals surface area contributed by atoms with Gasteiger partial charge in [0.2, 0.25) is 0 Å². The van der Waals surface area contributed by atoms with Crippen molar-refractivity contribution >= 4 is 29.5 Å². The third kappa shape index (κ3) is 6.58. The molecule has 8 nitrogen and oxygen atoms in total. The van der Waals surface area contributed by atoms with Crippen LogP contribution < -0.4 is 11.1 Å². The second-order valence-corrected chi connectivity index (χ2v) is 11.8. The maximum atomic E-state index is 14.0. The Kier molecular flexibility index (Phi) is 9.06. The fourth-order valence-electron chi connectivity index (χ4n) is 5.80. The summed E-state index contributed by atoms with van der Waals surface area (Å²) >= 11 is 6.36. The molecule has 1 aromatic rings. The first-order valence-corrected chi connectivity index (χ1v) is 13.4. The zero-order valence-corrected chi connectivity index (χ0v) is 22.6. The van der Waals surface area contributed by atoms with Crippen molar-refractivity contribution in [1.29, 1.82) is 0 Å². The van der Waals surface area contributed by atoms with Gasteiger partial charge in [-0.3, -0.25) is 4.79 Å². The van der Waals surface area contributed by atoms with E-state index in [0.717, 1.165) is 43.2 Å². The number of amides is 3. The number of halogens is 1. The van der Waals surface area contributed by atoms with Gasteiger partial charge in [0.15, 0.2) is 12.1 Å². The lowest BCUT2D eigenvalue weighted by molar-refractivity contribution is -0.872. The number of benzene rings is 1. The quantitative estimate of drug-likeness (QED) is 0.460. The highest BCUT2D eigenvalue weighted by molar-refractivity contribution is 6.30. The van der Waals surface area contributed by atoms with E-state index in [1.807, 2.05) is 13.0 Å². The molecule has 1 aliphatic carbocycles. The maximum Gasteiger partial charge on any atom is 0.408 e. The number of aliphatic hydroxyl groups excluding tert-OH is 1. The maximum absolute atomic E-state index is 14.0. The summed E-state index contributed by atoms with van der Waals surface area (Å²) in [5.41, 5.74) is 6.65. The monoisotopic (exact) mass is 522 g/mol. The number of carbonyl (C=O) groups excluding carboxylic acids is 3. The molecule has 0 bridgehead atoms. The number of primary amides is 1. The van der Waals surface area contributed by atoms with Gasteiger partial charge in [-0.15, -0.1) is 0 Å². The molecule has 3 amide bonds. The van der Waals surface area contributed by atoms with Crippen LogP contribution in [-0.4, -0.2) is 51.8 Å². The van der Waals surface area contributed by atoms with Gasteiger partial charge in [-0.25, -0.2) is 14.1 Å². The van der Waals surface area contributed by atoms with Gasteiger partial charge >= 0.3 is 12.0 Å². The molecule has 2 unspecified atom stereocenters. The lowest BCUT2D eigenvalue weighted by Crippen LogP contribution is -2.63. The van der Waals surface area contributed by atoms with Gasteiger partial charge in [0.25, 0.3) is 5.91 Å². The van der Waals surface area contributed by atoms with E-state index in [-0.39, 0.29) is 22.9 Å². The Morgan fingerprint density at radius 2 is 1.83 bits per heavy atom. The smallest absolute Gasteiger partial charge is 0.408 e. The number of carbonyl (C=O) groups is 3. The number of hydrogen-bond donors (Lipinski definition) is 3. The van der Waals surface area contributed by atoms with Crippen LogP contribution in [0.15, 0.2) is 18.2 Å². The number of quaternary nitrogens is 1. The molecule has 0 spiro atoms. The largest absolute Gasteiger partial charge is 0.444 e. The number of nitrogens with two attached hydrogens (primary N) is 1. The molecule has 36 heavy (non-hydrogen) atoms. The Hall–Kier alpha value is -2.16. The first kappa shape index (κ1) is 28.4. The van der Waals surface area contributed by atoms with Crippen molar-refractivity contribution in [2.75, 3.05) is 6.54 Å². The average molecular weight is 523 g/mol. The zero-order chi connectivity index (χ0) is 26.7. The van der Waals surface area contributed by atoms with Crippen LogP contribution >= 0.6 is 11.6 Å². The second-order valence-electron chi connectivity index (χ2n) is 11.4. The van der Waals surface area contributed by atoms with Crippen LogP contribution in [0, 0.1) is 5.92 Å². The van der Waals surface area contributed by atoms with Crippen molar-refractivity contribution in [3.63, 3.8) is 0 Å². The molecule has 1 heterocycles. The van der Waals surface area contributed by atoms with Gasteiger partial charge in [-0.05, 0) is 64.2 Å². The van der Waals surface area contributed by atoms with E-state index >= 15 is 0 Å². The molecule has 2 fully saturated rings. The van der Waals surface area contributed by atoms with Crippen LogP contribution in [-0.2, 0) is 20.9 Å². The Bertz CT molecular complexity index is 973. The predicted molar refractivity (Wildman–Crippen MR) is 138 cm³/mol. The molecule has 0 aromatic heterocycles. The summed E-state index contributed by atoms with van der Waals surface area (Å²) in [6.07, 6.45) is 4.11. The Morgan fingerprint density at radius 3 is 2.44 bits per heavy atom. The highest BCUT2D eigenvalue weighted by atomic mass is 35.5. The van der Waals surface area contributed by atoms with E-state index in [0.29, 0.717) is 24.4 Å². The predicted octanol–water partition coefficient (Wildman–Crippen LogP) is 4.36. The molecule has 4 N–H and O–H groups in total. The molecule has 4 atom stereocenters. The summed E-state index contributed by atoms with van der Waals surface area (Å²) in [7, 11) is 0. The van der Waals surface area contributed by atoms with E-state index < -0.39 is 35.8 Å². The summed E-state index contributed by atoms with van der Waals surface area (Å²) in [6.45, 7) is 7.77. The van der Waals surface area contributed by atoms with Gasteiger partial charge in [-0.1, -0.05) is 36.9 Å². The van der Waals surface area contributed by atoms with Gasteiger partial charge < -0.3 is 20.9 Å². The fourth-order valence-corrected chi connectivity index (χ4v) is 6.00. The fraction of sp³-hybridized carbons (Fsp3) is 0.667. The van der Waals surface area contributed by atoms with Gasteiger partial charge in [-0.2, -0.15) is 0 Å². The third-order valence-electron chi connectivity index (χ3n) is 7.51. The Morgan fingerprint density at radius 1 is 1.17 bits per heavy atom. The van der Waals surface area contributed by atoms with Gasteiger partial charge in [0, 0.05) is 23.4 Å². The Balaban J connectivity index is 1.95. The molecule has 1 saturated heterocycles. The van der Waals surface area contributed by atoms with E-state index in [1.54, 1.807) is 32.9 Å². The van der Waals surface area contributed by atoms with Crippen LogP contribution in [0.5, 0.6) is 0 Å². The van der Waals surface area contributed by atoms with Gasteiger partial charge in [0.1, 0.15) is 12.1 Å². The first-order valence-electron chi connectivity index (χ1n) is 13.0. The number of nitrogens with one attached hydrogen (secondary N) is 1. The lowest BCUT2D eigenvalue weighted by Gasteiger charge is -2.39. The summed E-state index contributed by atoms with van der Waals surface area (Å²) in [6, 6.07) is 4.14. The summed E-state index contributed by atoms with van der Waals surface area (Å²) in [5, 5.41) is 14.5. The summed E-state index contributed by atoms with van der Waals surface area (Å²) < 4.78 is 5.18. The molecule has 3 rings (SSSR count). The minimum absolute atomic E-state index is 0.109. The Labute approximate surface area is 219 Å². The summed E-state index contributed by atoms with van der Waals surface area (Å²) in [5.74, 6) is -0.996. The van der Waals surface area contributed by atoms with Crippen LogP contribution in [0.3, 0.4) is 0 Å². The van der Waals surface area contributed by atoms with E-state index in [1.165, 1.54) is 0 Å². The highest BCUT2D eigenvalue weighted by Crippen LogP contribution is 2.37. The van der Waals surface area contributed by atoms with Crippen molar-refractivity contribution in [3.05, 3.63) is 34.3 Å². The molecule has 9 heteroatoms. The van der Waals surface area contributed by atoms with Crippen molar-refractivity contribution < 1.29 is 28.7 Å². The van der Waals surface area contributed by atoms with E-state index in [9.17, 15) is 19.5 Å². The van der Waals surface area contributed by atoms with Gasteiger partial charge in [0.05, 0.1) is 12.6 Å². The molecular weight excluding hydrogens is 482 g/mol. The molecule has 1 saturated carbocycles. The van der Waals surface area contributed by atoms with Crippen LogP contribution in [0.25, 0.3) is 0 Å². The normalized spacial score (nSPS) is 24.7. The number of nitrogens with zero attached hydrogens (tertiary/aromatic N) is 1.